The molecular formula is C16H31NO4Si. The fourth-order valence-electron chi connectivity index (χ4n) is 2.97. The SMILES string of the molecule is CCOC(=O)C(C(C)=O)C(NO[Si](C)(C)C)C1CCCCC1. The molecular weight excluding hydrogens is 298 g/mol. The van der Waals surface area contributed by atoms with Crippen molar-refractivity contribution in [3.05, 3.63) is 0 Å². The molecule has 0 heterocycles. The maximum atomic E-state index is 12.3. The molecule has 0 aromatic rings. The van der Waals surface area contributed by atoms with Crippen LogP contribution in [0, 0.1) is 11.8 Å². The Morgan fingerprint density at radius 2 is 1.77 bits per heavy atom. The topological polar surface area (TPSA) is 64.6 Å². The molecule has 2 atom stereocenters. The molecule has 0 spiro atoms. The van der Waals surface area contributed by atoms with Gasteiger partial charge in [0.2, 0.25) is 8.32 Å². The van der Waals surface area contributed by atoms with Gasteiger partial charge in [-0.1, -0.05) is 19.3 Å². The van der Waals surface area contributed by atoms with Crippen LogP contribution in [0.5, 0.6) is 0 Å². The number of hydroxylamine groups is 1. The van der Waals surface area contributed by atoms with Crippen LogP contribution in [0.3, 0.4) is 0 Å². The van der Waals surface area contributed by atoms with E-state index in [0.717, 1.165) is 25.7 Å². The second-order valence-corrected chi connectivity index (χ2v) is 11.5. The number of carbonyl (C=O) groups excluding carboxylic acids is 2. The molecule has 22 heavy (non-hydrogen) atoms. The Balaban J connectivity index is 2.92. The van der Waals surface area contributed by atoms with Gasteiger partial charge in [0.1, 0.15) is 11.7 Å². The number of hydrogen-bond donors (Lipinski definition) is 1. The second kappa shape index (κ2) is 8.79. The summed E-state index contributed by atoms with van der Waals surface area (Å²) in [6, 6.07) is -0.288. The number of hydrogen-bond acceptors (Lipinski definition) is 5. The Hall–Kier alpha value is -0.723. The number of nitrogens with one attached hydrogen (secondary N) is 1. The van der Waals surface area contributed by atoms with Gasteiger partial charge < -0.3 is 9.26 Å². The van der Waals surface area contributed by atoms with Crippen molar-refractivity contribution in [3.8, 4) is 0 Å². The van der Waals surface area contributed by atoms with Crippen molar-refractivity contribution < 1.29 is 18.9 Å². The molecule has 2 unspecified atom stereocenters. The zero-order chi connectivity index (χ0) is 16.8. The van der Waals surface area contributed by atoms with E-state index in [2.05, 4.69) is 25.1 Å². The lowest BCUT2D eigenvalue weighted by atomic mass is 9.78. The molecule has 0 aromatic heterocycles. The molecule has 6 heteroatoms. The number of ketones is 1. The third-order valence-electron chi connectivity index (χ3n) is 4.00. The summed E-state index contributed by atoms with van der Waals surface area (Å²) in [6.45, 7) is 9.74. The number of esters is 1. The van der Waals surface area contributed by atoms with E-state index >= 15 is 0 Å². The Morgan fingerprint density at radius 3 is 2.23 bits per heavy atom. The zero-order valence-electron chi connectivity index (χ0n) is 14.6. The second-order valence-electron chi connectivity index (χ2n) is 7.10. The first-order chi connectivity index (χ1) is 10.3. The van der Waals surface area contributed by atoms with E-state index in [9.17, 15) is 9.59 Å². The Kier molecular flexibility index (Phi) is 7.72. The monoisotopic (exact) mass is 329 g/mol. The minimum Gasteiger partial charge on any atom is -0.465 e. The maximum absolute atomic E-state index is 12.3. The first-order valence-corrected chi connectivity index (χ1v) is 11.8. The van der Waals surface area contributed by atoms with Crippen LogP contribution in [-0.2, 0) is 18.9 Å². The van der Waals surface area contributed by atoms with E-state index in [1.165, 1.54) is 13.3 Å². The van der Waals surface area contributed by atoms with Crippen LogP contribution in [0.25, 0.3) is 0 Å². The van der Waals surface area contributed by atoms with Crippen molar-refractivity contribution in [1.82, 2.24) is 5.48 Å². The van der Waals surface area contributed by atoms with Gasteiger partial charge in [-0.15, -0.1) is 0 Å². The van der Waals surface area contributed by atoms with Gasteiger partial charge >= 0.3 is 5.97 Å². The molecule has 0 saturated heterocycles. The highest BCUT2D eigenvalue weighted by Crippen LogP contribution is 2.31. The van der Waals surface area contributed by atoms with Gasteiger partial charge in [0.25, 0.3) is 0 Å². The Labute approximate surface area is 135 Å². The van der Waals surface area contributed by atoms with E-state index in [1.54, 1.807) is 6.92 Å². The summed E-state index contributed by atoms with van der Waals surface area (Å²) in [6.07, 6.45) is 5.56. The minimum atomic E-state index is -1.79. The zero-order valence-corrected chi connectivity index (χ0v) is 15.6. The summed E-state index contributed by atoms with van der Waals surface area (Å²) in [5, 5.41) is 0. The van der Waals surface area contributed by atoms with E-state index in [0.29, 0.717) is 0 Å². The Bertz CT molecular complexity index is 375. The van der Waals surface area contributed by atoms with Gasteiger partial charge in [-0.25, -0.2) is 5.48 Å². The molecule has 0 radical (unpaired) electrons. The Morgan fingerprint density at radius 1 is 1.18 bits per heavy atom. The summed E-state index contributed by atoms with van der Waals surface area (Å²) in [5.74, 6) is -1.08. The molecule has 1 rings (SSSR count). The van der Waals surface area contributed by atoms with Gasteiger partial charge in [-0.05, 0) is 52.2 Å². The minimum absolute atomic E-state index is 0.152. The van der Waals surface area contributed by atoms with E-state index in [-0.39, 0.29) is 24.3 Å². The molecule has 0 aliphatic heterocycles. The number of carbonyl (C=O) groups is 2. The number of ether oxygens (including phenoxy) is 1. The highest BCUT2D eigenvalue weighted by atomic mass is 28.4. The fourth-order valence-corrected chi connectivity index (χ4v) is 3.46. The van der Waals surface area contributed by atoms with Gasteiger partial charge in [0.05, 0.1) is 12.6 Å². The maximum Gasteiger partial charge on any atom is 0.318 e. The standard InChI is InChI=1S/C16H31NO4Si/c1-6-20-16(19)14(12(2)18)15(17-21-22(3,4)5)13-10-8-7-9-11-13/h13-15,17H,6-11H2,1-5H3. The van der Waals surface area contributed by atoms with Crippen LogP contribution in [0.1, 0.15) is 46.0 Å². The molecule has 128 valence electrons. The first kappa shape index (κ1) is 19.3. The van der Waals surface area contributed by atoms with Gasteiger partial charge in [-0.3, -0.25) is 9.59 Å². The summed E-state index contributed by atoms with van der Waals surface area (Å²) in [7, 11) is -1.79. The largest absolute Gasteiger partial charge is 0.465 e. The quantitative estimate of drug-likeness (QED) is 0.321. The normalized spacial score (nSPS) is 19.5. The molecule has 1 saturated carbocycles. The molecule has 1 aliphatic carbocycles. The van der Waals surface area contributed by atoms with E-state index in [4.69, 9.17) is 9.26 Å². The van der Waals surface area contributed by atoms with Crippen molar-refractivity contribution in [2.24, 2.45) is 11.8 Å². The summed E-state index contributed by atoms with van der Waals surface area (Å²) >= 11 is 0. The predicted molar refractivity (Wildman–Crippen MR) is 88.7 cm³/mol. The lowest BCUT2D eigenvalue weighted by molar-refractivity contribution is -0.154. The van der Waals surface area contributed by atoms with Crippen molar-refractivity contribution in [2.75, 3.05) is 6.61 Å². The molecule has 1 aliphatic rings. The lowest BCUT2D eigenvalue weighted by Gasteiger charge is -2.35. The van der Waals surface area contributed by atoms with Gasteiger partial charge in [0, 0.05) is 0 Å². The summed E-state index contributed by atoms with van der Waals surface area (Å²) < 4.78 is 11.0. The van der Waals surface area contributed by atoms with Crippen LogP contribution < -0.4 is 5.48 Å². The van der Waals surface area contributed by atoms with Crippen molar-refractivity contribution in [2.45, 2.75) is 71.6 Å². The molecule has 0 bridgehead atoms. The lowest BCUT2D eigenvalue weighted by Crippen LogP contribution is -2.52. The third kappa shape index (κ3) is 6.18. The van der Waals surface area contributed by atoms with E-state index in [1.807, 2.05) is 0 Å². The average Bonchev–Trinajstić information content (AvgIpc) is 2.43. The van der Waals surface area contributed by atoms with Gasteiger partial charge in [0.15, 0.2) is 0 Å². The molecule has 5 nitrogen and oxygen atoms in total. The highest BCUT2D eigenvalue weighted by Gasteiger charge is 2.39. The first-order valence-electron chi connectivity index (χ1n) is 8.37. The predicted octanol–water partition coefficient (Wildman–Crippen LogP) is 3.06. The van der Waals surface area contributed by atoms with E-state index < -0.39 is 20.2 Å². The fraction of sp³-hybridized carbons (Fsp3) is 0.875. The van der Waals surface area contributed by atoms with Crippen molar-refractivity contribution >= 4 is 20.1 Å². The smallest absolute Gasteiger partial charge is 0.318 e. The third-order valence-corrected chi connectivity index (χ3v) is 4.73. The van der Waals surface area contributed by atoms with Crippen molar-refractivity contribution in [3.63, 3.8) is 0 Å². The van der Waals surface area contributed by atoms with Crippen LogP contribution >= 0.6 is 0 Å². The average molecular weight is 330 g/mol. The van der Waals surface area contributed by atoms with Crippen LogP contribution in [-0.4, -0.2) is 32.7 Å². The van der Waals surface area contributed by atoms with Gasteiger partial charge in [-0.2, -0.15) is 0 Å². The summed E-state index contributed by atoms with van der Waals surface area (Å²) in [5.41, 5.74) is 3.09. The van der Waals surface area contributed by atoms with Crippen molar-refractivity contribution in [1.29, 1.82) is 0 Å². The van der Waals surface area contributed by atoms with Crippen LogP contribution in [0.4, 0.5) is 0 Å². The van der Waals surface area contributed by atoms with Crippen LogP contribution in [0.15, 0.2) is 0 Å². The molecule has 0 aromatic carbocycles. The number of rotatable bonds is 8. The molecule has 0 amide bonds. The number of Topliss-reactive ketones (excluding diaryl/α,β-unsaturated/α-hetero) is 1. The summed E-state index contributed by atoms with van der Waals surface area (Å²) in [4.78, 5) is 24.3. The highest BCUT2D eigenvalue weighted by molar-refractivity contribution is 6.69. The van der Waals surface area contributed by atoms with Crippen LogP contribution in [0.2, 0.25) is 19.6 Å². The molecule has 1 fully saturated rings. The molecule has 1 N–H and O–H groups in total.